The van der Waals surface area contributed by atoms with Crippen LogP contribution in [0, 0.1) is 0 Å². The van der Waals surface area contributed by atoms with Crippen molar-refractivity contribution >= 4 is 0 Å². The lowest BCUT2D eigenvalue weighted by molar-refractivity contribution is 0.00775. The van der Waals surface area contributed by atoms with Gasteiger partial charge < -0.3 is 21.3 Å². The van der Waals surface area contributed by atoms with E-state index in [1.807, 2.05) is 0 Å². The lowest BCUT2D eigenvalue weighted by Crippen LogP contribution is -2.48. The summed E-state index contributed by atoms with van der Waals surface area (Å²) in [5.74, 6) is 0. The van der Waals surface area contributed by atoms with Crippen molar-refractivity contribution in [1.29, 1.82) is 0 Å². The quantitative estimate of drug-likeness (QED) is 0.310. The number of nitrogens with two attached hydrogens (primary N) is 1. The Morgan fingerprint density at radius 2 is 2.00 bits per heavy atom. The van der Waals surface area contributed by atoms with E-state index < -0.39 is 12.2 Å². The number of hydrogen-bond donors (Lipinski definition) is 4. The molecule has 0 aromatic heterocycles. The zero-order valence-corrected chi connectivity index (χ0v) is 5.57. The van der Waals surface area contributed by atoms with Gasteiger partial charge in [-0.1, -0.05) is 0 Å². The van der Waals surface area contributed by atoms with E-state index in [1.54, 1.807) is 0 Å². The minimum absolute atomic E-state index is 0.0170. The minimum atomic E-state index is -0.659. The van der Waals surface area contributed by atoms with Gasteiger partial charge in [0.1, 0.15) is 0 Å². The van der Waals surface area contributed by atoms with E-state index in [9.17, 15) is 10.2 Å². The van der Waals surface area contributed by atoms with Crippen molar-refractivity contribution in [3.63, 3.8) is 0 Å². The summed E-state index contributed by atoms with van der Waals surface area (Å²) in [7, 11) is 0. The van der Waals surface area contributed by atoms with Gasteiger partial charge in [0.2, 0.25) is 0 Å². The van der Waals surface area contributed by atoms with Crippen molar-refractivity contribution < 1.29 is 10.2 Å². The fourth-order valence-electron chi connectivity index (χ4n) is 1.92. The highest BCUT2D eigenvalue weighted by molar-refractivity contribution is 5.10. The highest BCUT2D eigenvalue weighted by Crippen LogP contribution is 2.27. The van der Waals surface area contributed by atoms with Crippen LogP contribution in [0.3, 0.4) is 0 Å². The molecule has 5 atom stereocenters. The molecule has 0 aromatic carbocycles. The Morgan fingerprint density at radius 3 is 2.40 bits per heavy atom. The van der Waals surface area contributed by atoms with Gasteiger partial charge in [0, 0.05) is 12.1 Å². The molecule has 4 nitrogen and oxygen atoms in total. The average Bonchev–Trinajstić information content (AvgIpc) is 2.36. The first-order valence-corrected chi connectivity index (χ1v) is 3.58. The molecule has 2 heterocycles. The Bertz CT molecular complexity index is 151. The predicted octanol–water partition coefficient (Wildman–Crippen LogP) is -2.22. The Hall–Kier alpha value is -0.160. The summed E-state index contributed by atoms with van der Waals surface area (Å²) in [5.41, 5.74) is 5.64. The highest BCUT2D eigenvalue weighted by atomic mass is 16.3. The first-order valence-electron chi connectivity index (χ1n) is 3.58. The third-order valence-corrected chi connectivity index (χ3v) is 2.52. The number of aliphatic hydroxyl groups excluding tert-OH is 2. The summed E-state index contributed by atoms with van der Waals surface area (Å²) in [6, 6.07) is -0.0431. The SMILES string of the molecule is NC1CC2NC1C(O)C2O. The van der Waals surface area contributed by atoms with Gasteiger partial charge in [-0.15, -0.1) is 0 Å². The molecule has 0 aliphatic carbocycles. The monoisotopic (exact) mass is 144 g/mol. The van der Waals surface area contributed by atoms with Gasteiger partial charge in [0.15, 0.2) is 0 Å². The fourth-order valence-corrected chi connectivity index (χ4v) is 1.92. The maximum atomic E-state index is 9.27. The summed E-state index contributed by atoms with van der Waals surface area (Å²) in [5, 5.41) is 21.6. The maximum absolute atomic E-state index is 9.27. The van der Waals surface area contributed by atoms with Gasteiger partial charge in [-0.25, -0.2) is 0 Å². The van der Waals surface area contributed by atoms with Crippen LogP contribution in [0.5, 0.6) is 0 Å². The van der Waals surface area contributed by atoms with Crippen LogP contribution in [0.1, 0.15) is 6.42 Å². The lowest BCUT2D eigenvalue weighted by Gasteiger charge is -2.24. The van der Waals surface area contributed by atoms with E-state index in [2.05, 4.69) is 5.32 Å². The number of rotatable bonds is 0. The highest BCUT2D eigenvalue weighted by Gasteiger charge is 2.49. The summed E-state index contributed by atoms with van der Waals surface area (Å²) < 4.78 is 0. The smallest absolute Gasteiger partial charge is 0.0982 e. The Kier molecular flexibility index (Phi) is 1.25. The largest absolute Gasteiger partial charge is 0.389 e. The molecule has 2 bridgehead atoms. The summed E-state index contributed by atoms with van der Waals surface area (Å²) in [6.45, 7) is 0. The molecular formula is C6H12N2O2. The van der Waals surface area contributed by atoms with Crippen molar-refractivity contribution in [3.05, 3.63) is 0 Å². The molecule has 5 unspecified atom stereocenters. The van der Waals surface area contributed by atoms with E-state index in [1.165, 1.54) is 0 Å². The molecule has 0 saturated carbocycles. The van der Waals surface area contributed by atoms with Gasteiger partial charge in [-0.2, -0.15) is 0 Å². The second-order valence-electron chi connectivity index (χ2n) is 3.18. The van der Waals surface area contributed by atoms with Crippen LogP contribution in [0.25, 0.3) is 0 Å². The number of aliphatic hydroxyl groups is 2. The average molecular weight is 144 g/mol. The van der Waals surface area contributed by atoms with E-state index in [0.29, 0.717) is 0 Å². The third-order valence-electron chi connectivity index (χ3n) is 2.52. The van der Waals surface area contributed by atoms with Gasteiger partial charge in [0.05, 0.1) is 18.2 Å². The van der Waals surface area contributed by atoms with Crippen molar-refractivity contribution in [2.45, 2.75) is 36.8 Å². The summed E-state index contributed by atoms with van der Waals surface area (Å²) in [4.78, 5) is 0. The molecule has 2 rings (SSSR count). The Labute approximate surface area is 59.0 Å². The first kappa shape index (κ1) is 6.54. The molecule has 10 heavy (non-hydrogen) atoms. The zero-order chi connectivity index (χ0) is 7.30. The molecule has 0 spiro atoms. The molecule has 2 fully saturated rings. The molecule has 2 aliphatic heterocycles. The third kappa shape index (κ3) is 0.645. The van der Waals surface area contributed by atoms with E-state index >= 15 is 0 Å². The van der Waals surface area contributed by atoms with Crippen LogP contribution in [0.15, 0.2) is 0 Å². The van der Waals surface area contributed by atoms with Crippen LogP contribution in [-0.2, 0) is 0 Å². The second kappa shape index (κ2) is 1.92. The molecule has 5 N–H and O–H groups in total. The Morgan fingerprint density at radius 1 is 1.30 bits per heavy atom. The van der Waals surface area contributed by atoms with Crippen LogP contribution in [0.4, 0.5) is 0 Å². The van der Waals surface area contributed by atoms with Crippen molar-refractivity contribution in [2.24, 2.45) is 5.73 Å². The summed E-state index contributed by atoms with van der Waals surface area (Å²) in [6.07, 6.45) is -0.485. The standard InChI is InChI=1S/C6H12N2O2/c7-2-1-3-5(9)6(10)4(2)8-3/h2-6,8-10H,1,7H2. The maximum Gasteiger partial charge on any atom is 0.0982 e. The molecule has 0 radical (unpaired) electrons. The Balaban J connectivity index is 2.16. The molecule has 58 valence electrons. The van der Waals surface area contributed by atoms with Crippen LogP contribution >= 0.6 is 0 Å². The first-order chi connectivity index (χ1) is 4.70. The normalized spacial score (nSPS) is 59.7. The fraction of sp³-hybridized carbons (Fsp3) is 1.00. The predicted molar refractivity (Wildman–Crippen MR) is 35.3 cm³/mol. The molecule has 0 amide bonds. The minimum Gasteiger partial charge on any atom is -0.389 e. The van der Waals surface area contributed by atoms with E-state index in [0.717, 1.165) is 6.42 Å². The molecule has 0 aromatic rings. The van der Waals surface area contributed by atoms with Crippen LogP contribution < -0.4 is 11.1 Å². The topological polar surface area (TPSA) is 78.5 Å². The molecule has 2 aliphatic rings. The molecule has 4 heteroatoms. The van der Waals surface area contributed by atoms with Gasteiger partial charge in [-0.05, 0) is 6.42 Å². The van der Waals surface area contributed by atoms with Crippen molar-refractivity contribution in [2.75, 3.05) is 0 Å². The zero-order valence-electron chi connectivity index (χ0n) is 5.57. The van der Waals surface area contributed by atoms with E-state index in [4.69, 9.17) is 5.73 Å². The van der Waals surface area contributed by atoms with Gasteiger partial charge >= 0.3 is 0 Å². The van der Waals surface area contributed by atoms with Crippen molar-refractivity contribution in [1.82, 2.24) is 5.32 Å². The van der Waals surface area contributed by atoms with Crippen LogP contribution in [-0.4, -0.2) is 40.5 Å². The van der Waals surface area contributed by atoms with Crippen LogP contribution in [0.2, 0.25) is 0 Å². The summed E-state index contributed by atoms with van der Waals surface area (Å²) >= 11 is 0. The van der Waals surface area contributed by atoms with Crippen molar-refractivity contribution in [3.8, 4) is 0 Å². The lowest BCUT2D eigenvalue weighted by atomic mass is 9.91. The molecule has 2 saturated heterocycles. The molecular weight excluding hydrogens is 132 g/mol. The van der Waals surface area contributed by atoms with Gasteiger partial charge in [-0.3, -0.25) is 0 Å². The number of fused-ring (bicyclic) bond motifs is 2. The number of hydrogen-bond acceptors (Lipinski definition) is 4. The van der Waals surface area contributed by atoms with E-state index in [-0.39, 0.29) is 18.1 Å². The number of nitrogens with one attached hydrogen (secondary N) is 1. The second-order valence-corrected chi connectivity index (χ2v) is 3.18. The van der Waals surface area contributed by atoms with Gasteiger partial charge in [0.25, 0.3) is 0 Å².